The maximum atomic E-state index is 10.9. The fourth-order valence-electron chi connectivity index (χ4n) is 1.25. The van der Waals surface area contributed by atoms with Crippen molar-refractivity contribution in [3.63, 3.8) is 0 Å². The van der Waals surface area contributed by atoms with Crippen LogP contribution in [0.1, 0.15) is 29.0 Å². The molecule has 2 rings (SSSR count). The molecule has 0 N–H and O–H groups in total. The third-order valence-corrected chi connectivity index (χ3v) is 1.97. The van der Waals surface area contributed by atoms with Gasteiger partial charge in [0.2, 0.25) is 5.78 Å². The molecule has 2 aromatic rings. The molecule has 0 aliphatic heterocycles. The van der Waals surface area contributed by atoms with Gasteiger partial charge in [0.25, 0.3) is 5.89 Å². The van der Waals surface area contributed by atoms with Gasteiger partial charge in [-0.3, -0.25) is 4.79 Å². The molecule has 1 heterocycles. The molecule has 0 atom stereocenters. The van der Waals surface area contributed by atoms with E-state index in [0.717, 1.165) is 5.56 Å². The lowest BCUT2D eigenvalue weighted by molar-refractivity contribution is 0.0972. The zero-order valence-corrected chi connectivity index (χ0v) is 8.30. The topological polar surface area (TPSA) is 56.0 Å². The normalized spacial score (nSPS) is 10.2. The Morgan fingerprint density at radius 2 is 2.07 bits per heavy atom. The maximum Gasteiger partial charge on any atom is 0.293 e. The fraction of sp³-hybridized carbons (Fsp3) is 0.182. The van der Waals surface area contributed by atoms with Gasteiger partial charge in [-0.2, -0.15) is 4.98 Å². The Kier molecular flexibility index (Phi) is 2.58. The summed E-state index contributed by atoms with van der Waals surface area (Å²) in [7, 11) is 0. The number of ketones is 1. The smallest absolute Gasteiger partial charge is 0.293 e. The van der Waals surface area contributed by atoms with E-state index in [0.29, 0.717) is 12.2 Å². The molecule has 15 heavy (non-hydrogen) atoms. The van der Waals surface area contributed by atoms with Crippen molar-refractivity contribution in [2.75, 3.05) is 0 Å². The molecule has 0 amide bonds. The number of hydrogen-bond acceptors (Lipinski definition) is 4. The van der Waals surface area contributed by atoms with Crippen molar-refractivity contribution in [1.82, 2.24) is 10.1 Å². The standard InChI is InChI=1S/C11H10N2O2/c1-8(14)11-12-10(13-15-11)7-9-5-3-2-4-6-9/h2-6H,7H2,1H3. The van der Waals surface area contributed by atoms with Gasteiger partial charge < -0.3 is 4.52 Å². The Labute approximate surface area is 86.9 Å². The molecule has 0 saturated carbocycles. The number of nitrogens with zero attached hydrogens (tertiary/aromatic N) is 2. The molecular formula is C11H10N2O2. The first-order chi connectivity index (χ1) is 7.25. The monoisotopic (exact) mass is 202 g/mol. The number of carbonyl (C=O) groups is 1. The molecule has 1 aromatic heterocycles. The Morgan fingerprint density at radius 3 is 2.67 bits per heavy atom. The van der Waals surface area contributed by atoms with Crippen LogP contribution in [0.15, 0.2) is 34.9 Å². The van der Waals surface area contributed by atoms with Crippen LogP contribution in [-0.2, 0) is 6.42 Å². The minimum absolute atomic E-state index is 0.0703. The van der Waals surface area contributed by atoms with Crippen LogP contribution in [0.3, 0.4) is 0 Å². The maximum absolute atomic E-state index is 10.9. The second-order valence-electron chi connectivity index (χ2n) is 3.23. The lowest BCUT2D eigenvalue weighted by atomic mass is 10.1. The molecule has 0 fully saturated rings. The minimum Gasteiger partial charge on any atom is -0.331 e. The van der Waals surface area contributed by atoms with E-state index in [1.807, 2.05) is 30.3 Å². The SMILES string of the molecule is CC(=O)c1nc(Cc2ccccc2)no1. The zero-order valence-electron chi connectivity index (χ0n) is 8.30. The van der Waals surface area contributed by atoms with E-state index in [1.54, 1.807) is 0 Å². The van der Waals surface area contributed by atoms with E-state index in [1.165, 1.54) is 6.92 Å². The number of carbonyl (C=O) groups excluding carboxylic acids is 1. The van der Waals surface area contributed by atoms with Gasteiger partial charge in [-0.05, 0) is 5.56 Å². The van der Waals surface area contributed by atoms with Crippen LogP contribution in [0.4, 0.5) is 0 Å². The van der Waals surface area contributed by atoms with Gasteiger partial charge in [0.1, 0.15) is 0 Å². The molecule has 0 aliphatic rings. The van der Waals surface area contributed by atoms with Crippen molar-refractivity contribution in [2.45, 2.75) is 13.3 Å². The Balaban J connectivity index is 2.15. The van der Waals surface area contributed by atoms with Gasteiger partial charge in [0.05, 0.1) is 0 Å². The highest BCUT2D eigenvalue weighted by Gasteiger charge is 2.10. The third-order valence-electron chi connectivity index (χ3n) is 1.97. The van der Waals surface area contributed by atoms with E-state index in [-0.39, 0.29) is 11.7 Å². The zero-order chi connectivity index (χ0) is 10.7. The first-order valence-electron chi connectivity index (χ1n) is 4.63. The van der Waals surface area contributed by atoms with Gasteiger partial charge >= 0.3 is 0 Å². The van der Waals surface area contributed by atoms with Crippen LogP contribution in [-0.4, -0.2) is 15.9 Å². The number of aromatic nitrogens is 2. The summed E-state index contributed by atoms with van der Waals surface area (Å²) in [5, 5.41) is 3.73. The highest BCUT2D eigenvalue weighted by molar-refractivity contribution is 5.89. The summed E-state index contributed by atoms with van der Waals surface area (Å²) in [6.07, 6.45) is 0.581. The first-order valence-corrected chi connectivity index (χ1v) is 4.63. The van der Waals surface area contributed by atoms with Crippen LogP contribution < -0.4 is 0 Å². The number of rotatable bonds is 3. The third kappa shape index (κ3) is 2.28. The van der Waals surface area contributed by atoms with Crippen LogP contribution in [0.25, 0.3) is 0 Å². The summed E-state index contributed by atoms with van der Waals surface area (Å²) < 4.78 is 4.79. The number of Topliss-reactive ketones (excluding diaryl/α,β-unsaturated/α-hetero) is 1. The molecule has 4 nitrogen and oxygen atoms in total. The summed E-state index contributed by atoms with van der Waals surface area (Å²) >= 11 is 0. The predicted octanol–water partition coefficient (Wildman–Crippen LogP) is 1.86. The summed E-state index contributed by atoms with van der Waals surface area (Å²) in [4.78, 5) is 14.9. The Bertz CT molecular complexity index is 462. The fourth-order valence-corrected chi connectivity index (χ4v) is 1.25. The molecule has 0 unspecified atom stereocenters. The van der Waals surface area contributed by atoms with Gasteiger partial charge in [-0.25, -0.2) is 0 Å². The predicted molar refractivity (Wildman–Crippen MR) is 53.6 cm³/mol. The van der Waals surface area contributed by atoms with Crippen molar-refractivity contribution in [3.8, 4) is 0 Å². The first kappa shape index (κ1) is 9.58. The Hall–Kier alpha value is -1.97. The second-order valence-corrected chi connectivity index (χ2v) is 3.23. The quantitative estimate of drug-likeness (QED) is 0.713. The summed E-state index contributed by atoms with van der Waals surface area (Å²) in [6.45, 7) is 1.40. The Morgan fingerprint density at radius 1 is 1.33 bits per heavy atom. The van der Waals surface area contributed by atoms with Gasteiger partial charge in [-0.15, -0.1) is 0 Å². The highest BCUT2D eigenvalue weighted by Crippen LogP contribution is 2.06. The molecule has 4 heteroatoms. The minimum atomic E-state index is -0.207. The lowest BCUT2D eigenvalue weighted by Crippen LogP contribution is -1.94. The van der Waals surface area contributed by atoms with Gasteiger partial charge in [-0.1, -0.05) is 35.5 Å². The molecule has 0 spiro atoms. The largest absolute Gasteiger partial charge is 0.331 e. The van der Waals surface area contributed by atoms with Gasteiger partial charge in [0, 0.05) is 13.3 Å². The van der Waals surface area contributed by atoms with E-state index in [9.17, 15) is 4.79 Å². The highest BCUT2D eigenvalue weighted by atomic mass is 16.5. The van der Waals surface area contributed by atoms with Crippen LogP contribution in [0, 0.1) is 0 Å². The number of benzene rings is 1. The molecule has 1 aromatic carbocycles. The van der Waals surface area contributed by atoms with Crippen molar-refractivity contribution in [2.24, 2.45) is 0 Å². The molecule has 0 radical (unpaired) electrons. The van der Waals surface area contributed by atoms with E-state index in [4.69, 9.17) is 4.52 Å². The van der Waals surface area contributed by atoms with Crippen molar-refractivity contribution in [3.05, 3.63) is 47.6 Å². The molecule has 0 aliphatic carbocycles. The number of hydrogen-bond donors (Lipinski definition) is 0. The van der Waals surface area contributed by atoms with Gasteiger partial charge in [0.15, 0.2) is 5.82 Å². The van der Waals surface area contributed by atoms with Crippen molar-refractivity contribution < 1.29 is 9.32 Å². The van der Waals surface area contributed by atoms with E-state index in [2.05, 4.69) is 10.1 Å². The van der Waals surface area contributed by atoms with Crippen molar-refractivity contribution >= 4 is 5.78 Å². The summed E-state index contributed by atoms with van der Waals surface area (Å²) in [5.74, 6) is 0.397. The van der Waals surface area contributed by atoms with E-state index >= 15 is 0 Å². The average Bonchev–Trinajstić information content (AvgIpc) is 2.68. The average molecular weight is 202 g/mol. The summed E-state index contributed by atoms with van der Waals surface area (Å²) in [5.41, 5.74) is 1.09. The van der Waals surface area contributed by atoms with Crippen LogP contribution in [0.5, 0.6) is 0 Å². The second kappa shape index (κ2) is 4.04. The molecular weight excluding hydrogens is 192 g/mol. The van der Waals surface area contributed by atoms with Crippen LogP contribution in [0.2, 0.25) is 0 Å². The molecule has 76 valence electrons. The lowest BCUT2D eigenvalue weighted by Gasteiger charge is -1.93. The summed E-state index contributed by atoms with van der Waals surface area (Å²) in [6, 6.07) is 9.79. The van der Waals surface area contributed by atoms with Crippen LogP contribution >= 0.6 is 0 Å². The molecule has 0 saturated heterocycles. The van der Waals surface area contributed by atoms with E-state index < -0.39 is 0 Å². The van der Waals surface area contributed by atoms with Crippen molar-refractivity contribution in [1.29, 1.82) is 0 Å². The molecule has 0 bridgehead atoms.